The van der Waals surface area contributed by atoms with E-state index in [2.05, 4.69) is 15.3 Å². The Bertz CT molecular complexity index is 454. The predicted molar refractivity (Wildman–Crippen MR) is 70.3 cm³/mol. The number of nitrogens with one attached hydrogen (secondary N) is 1. The molecule has 2 heterocycles. The van der Waals surface area contributed by atoms with Gasteiger partial charge in [0.05, 0.1) is 5.69 Å². The van der Waals surface area contributed by atoms with Crippen molar-refractivity contribution in [1.29, 1.82) is 0 Å². The first-order valence-corrected chi connectivity index (χ1v) is 6.29. The summed E-state index contributed by atoms with van der Waals surface area (Å²) in [7, 11) is 3.82. The average Bonchev–Trinajstić information content (AvgIpc) is 2.85. The van der Waals surface area contributed by atoms with Gasteiger partial charge in [0.1, 0.15) is 11.9 Å². The Kier molecular flexibility index (Phi) is 3.56. The quantitative estimate of drug-likeness (QED) is 0.783. The van der Waals surface area contributed by atoms with Gasteiger partial charge < -0.3 is 16.0 Å². The molecule has 1 amide bonds. The number of nitrogens with two attached hydrogens (primary N) is 1. The molecule has 1 aliphatic heterocycles. The van der Waals surface area contributed by atoms with Crippen LogP contribution in [0.4, 0.5) is 5.82 Å². The fraction of sp³-hybridized carbons (Fsp3) is 0.667. The molecule has 0 spiro atoms. The van der Waals surface area contributed by atoms with Crippen molar-refractivity contribution in [1.82, 2.24) is 15.1 Å². The van der Waals surface area contributed by atoms with Crippen LogP contribution < -0.4 is 16.0 Å². The van der Waals surface area contributed by atoms with Crippen LogP contribution in [0.1, 0.15) is 24.1 Å². The summed E-state index contributed by atoms with van der Waals surface area (Å²) >= 11 is 0. The number of hydrogen-bond acceptors (Lipinski definition) is 4. The molecule has 1 unspecified atom stereocenters. The minimum atomic E-state index is -0.248. The summed E-state index contributed by atoms with van der Waals surface area (Å²) in [6.07, 6.45) is 1.83. The number of amides is 1. The van der Waals surface area contributed by atoms with Gasteiger partial charge in [-0.15, -0.1) is 0 Å². The standard InChI is InChI=1S/C12H21N5O/c1-8-9(7-14-2)12(16(3)15-8)17-6-4-5-10(17)11(13)18/h10,14H,4-7H2,1-3H3,(H2,13,18). The van der Waals surface area contributed by atoms with E-state index < -0.39 is 0 Å². The number of aromatic nitrogens is 2. The van der Waals surface area contributed by atoms with Crippen molar-refractivity contribution >= 4 is 11.7 Å². The third kappa shape index (κ3) is 2.08. The molecule has 1 aromatic heterocycles. The van der Waals surface area contributed by atoms with E-state index in [0.717, 1.165) is 43.0 Å². The second kappa shape index (κ2) is 4.97. The fourth-order valence-electron chi connectivity index (χ4n) is 2.75. The van der Waals surface area contributed by atoms with Crippen molar-refractivity contribution in [3.63, 3.8) is 0 Å². The zero-order valence-corrected chi connectivity index (χ0v) is 11.2. The molecule has 1 saturated heterocycles. The van der Waals surface area contributed by atoms with E-state index in [-0.39, 0.29) is 11.9 Å². The summed E-state index contributed by atoms with van der Waals surface area (Å²) in [6, 6.07) is -0.199. The van der Waals surface area contributed by atoms with Crippen LogP contribution in [-0.4, -0.2) is 35.3 Å². The van der Waals surface area contributed by atoms with Gasteiger partial charge in [-0.25, -0.2) is 0 Å². The lowest BCUT2D eigenvalue weighted by atomic mass is 10.2. The molecule has 3 N–H and O–H groups in total. The van der Waals surface area contributed by atoms with Gasteiger partial charge in [0.15, 0.2) is 0 Å². The zero-order valence-electron chi connectivity index (χ0n) is 11.2. The van der Waals surface area contributed by atoms with E-state index in [9.17, 15) is 4.79 Å². The molecular formula is C12H21N5O. The first kappa shape index (κ1) is 12.9. The molecule has 6 heteroatoms. The topological polar surface area (TPSA) is 76.2 Å². The normalized spacial score (nSPS) is 19.5. The lowest BCUT2D eigenvalue weighted by molar-refractivity contribution is -0.119. The molecule has 0 aromatic carbocycles. The maximum Gasteiger partial charge on any atom is 0.240 e. The van der Waals surface area contributed by atoms with Gasteiger partial charge in [0, 0.05) is 25.7 Å². The van der Waals surface area contributed by atoms with Crippen molar-refractivity contribution in [2.24, 2.45) is 12.8 Å². The summed E-state index contributed by atoms with van der Waals surface area (Å²) in [6.45, 7) is 3.60. The predicted octanol–water partition coefficient (Wildman–Crippen LogP) is -0.0980. The Balaban J connectivity index is 2.40. The van der Waals surface area contributed by atoms with Crippen molar-refractivity contribution in [3.8, 4) is 0 Å². The Morgan fingerprint density at radius 1 is 1.61 bits per heavy atom. The largest absolute Gasteiger partial charge is 0.368 e. The summed E-state index contributed by atoms with van der Waals surface area (Å²) in [5.41, 5.74) is 7.62. The average molecular weight is 251 g/mol. The number of primary amides is 1. The van der Waals surface area contributed by atoms with Crippen LogP contribution in [-0.2, 0) is 18.4 Å². The Hall–Kier alpha value is -1.56. The minimum Gasteiger partial charge on any atom is -0.368 e. The molecule has 18 heavy (non-hydrogen) atoms. The third-order valence-electron chi connectivity index (χ3n) is 3.52. The number of anilines is 1. The zero-order chi connectivity index (χ0) is 13.3. The molecule has 1 aromatic rings. The number of nitrogens with zero attached hydrogens (tertiary/aromatic N) is 3. The lowest BCUT2D eigenvalue weighted by Gasteiger charge is -2.25. The van der Waals surface area contributed by atoms with Crippen LogP contribution >= 0.6 is 0 Å². The highest BCUT2D eigenvalue weighted by Crippen LogP contribution is 2.30. The van der Waals surface area contributed by atoms with Crippen LogP contribution in [0.3, 0.4) is 0 Å². The lowest BCUT2D eigenvalue weighted by Crippen LogP contribution is -2.41. The highest BCUT2D eigenvalue weighted by atomic mass is 16.1. The molecule has 100 valence electrons. The van der Waals surface area contributed by atoms with Gasteiger partial charge in [0.25, 0.3) is 0 Å². The van der Waals surface area contributed by atoms with Gasteiger partial charge in [-0.3, -0.25) is 9.48 Å². The second-order valence-electron chi connectivity index (χ2n) is 4.80. The van der Waals surface area contributed by atoms with Crippen LogP contribution in [0.2, 0.25) is 0 Å². The first-order valence-electron chi connectivity index (χ1n) is 6.29. The molecule has 2 rings (SSSR count). The summed E-state index contributed by atoms with van der Waals surface area (Å²) < 4.78 is 1.85. The van der Waals surface area contributed by atoms with E-state index in [0.29, 0.717) is 0 Å². The molecule has 0 aliphatic carbocycles. The van der Waals surface area contributed by atoms with Gasteiger partial charge in [-0.05, 0) is 26.8 Å². The number of hydrogen-bond donors (Lipinski definition) is 2. The second-order valence-corrected chi connectivity index (χ2v) is 4.80. The highest BCUT2D eigenvalue weighted by Gasteiger charge is 2.32. The molecular weight excluding hydrogens is 230 g/mol. The molecule has 0 bridgehead atoms. The van der Waals surface area contributed by atoms with Gasteiger partial charge in [-0.2, -0.15) is 5.10 Å². The van der Waals surface area contributed by atoms with Crippen LogP contribution in [0, 0.1) is 6.92 Å². The maximum atomic E-state index is 11.5. The fourth-order valence-corrected chi connectivity index (χ4v) is 2.75. The van der Waals surface area contributed by atoms with Crippen molar-refractivity contribution < 1.29 is 4.79 Å². The summed E-state index contributed by atoms with van der Waals surface area (Å²) in [5.74, 6) is 0.768. The van der Waals surface area contributed by atoms with E-state index >= 15 is 0 Å². The Labute approximate surface area is 107 Å². The smallest absolute Gasteiger partial charge is 0.240 e. The molecule has 1 fully saturated rings. The Morgan fingerprint density at radius 3 is 2.94 bits per heavy atom. The van der Waals surface area contributed by atoms with Gasteiger partial charge >= 0.3 is 0 Å². The number of rotatable bonds is 4. The molecule has 0 radical (unpaired) electrons. The van der Waals surface area contributed by atoms with Crippen molar-refractivity contribution in [2.45, 2.75) is 32.4 Å². The van der Waals surface area contributed by atoms with E-state index in [1.54, 1.807) is 0 Å². The van der Waals surface area contributed by atoms with Crippen molar-refractivity contribution in [2.75, 3.05) is 18.5 Å². The van der Waals surface area contributed by atoms with E-state index in [4.69, 9.17) is 5.73 Å². The van der Waals surface area contributed by atoms with E-state index in [1.807, 2.05) is 25.7 Å². The number of aryl methyl sites for hydroxylation is 2. The number of carbonyl (C=O) groups excluding carboxylic acids is 1. The van der Waals surface area contributed by atoms with Gasteiger partial charge in [0.2, 0.25) is 5.91 Å². The Morgan fingerprint density at radius 2 is 2.33 bits per heavy atom. The minimum absolute atomic E-state index is 0.199. The van der Waals surface area contributed by atoms with Crippen molar-refractivity contribution in [3.05, 3.63) is 11.3 Å². The summed E-state index contributed by atoms with van der Waals surface area (Å²) in [4.78, 5) is 13.6. The van der Waals surface area contributed by atoms with Gasteiger partial charge in [-0.1, -0.05) is 0 Å². The van der Waals surface area contributed by atoms with E-state index in [1.165, 1.54) is 0 Å². The monoisotopic (exact) mass is 251 g/mol. The summed E-state index contributed by atoms with van der Waals surface area (Å²) in [5, 5.41) is 7.60. The number of carbonyl (C=O) groups is 1. The SMILES string of the molecule is CNCc1c(C)nn(C)c1N1CCCC1C(N)=O. The molecule has 6 nitrogen and oxygen atoms in total. The third-order valence-corrected chi connectivity index (χ3v) is 3.52. The highest BCUT2D eigenvalue weighted by molar-refractivity contribution is 5.84. The van der Waals surface area contributed by atoms with Crippen LogP contribution in [0.5, 0.6) is 0 Å². The van der Waals surface area contributed by atoms with Crippen LogP contribution in [0.25, 0.3) is 0 Å². The molecule has 0 saturated carbocycles. The van der Waals surface area contributed by atoms with Crippen LogP contribution in [0.15, 0.2) is 0 Å². The first-order chi connectivity index (χ1) is 8.56. The maximum absolute atomic E-state index is 11.5. The molecule has 1 aliphatic rings. The molecule has 1 atom stereocenters.